The Bertz CT molecular complexity index is 1270. The molecule has 0 saturated carbocycles. The lowest BCUT2D eigenvalue weighted by Gasteiger charge is -2.37. The first-order valence-corrected chi connectivity index (χ1v) is 12.6. The molecule has 7 heteroatoms. The Balaban J connectivity index is 1.39. The predicted octanol–water partition coefficient (Wildman–Crippen LogP) is 5.17. The molecular weight excluding hydrogens is 476 g/mol. The molecule has 0 amide bonds. The summed E-state index contributed by atoms with van der Waals surface area (Å²) in [6.07, 6.45) is 3.36. The summed E-state index contributed by atoms with van der Waals surface area (Å²) in [6.45, 7) is 2.10. The van der Waals surface area contributed by atoms with E-state index in [0.717, 1.165) is 47.2 Å². The summed E-state index contributed by atoms with van der Waals surface area (Å²) in [5, 5.41) is 22.1. The molecule has 1 aromatic heterocycles. The molecule has 3 aromatic rings. The second-order valence-corrected chi connectivity index (χ2v) is 9.71. The number of aliphatic hydroxyl groups excluding tert-OH is 1. The topological polar surface area (TPSA) is 82.9 Å². The number of carboxylic acids is 1. The number of fused-ring (bicyclic) bond motifs is 1. The van der Waals surface area contributed by atoms with Crippen LogP contribution in [0.1, 0.15) is 42.9 Å². The number of pyridine rings is 1. The van der Waals surface area contributed by atoms with Gasteiger partial charge in [0.05, 0.1) is 30.3 Å². The number of halogens is 1. The molecule has 4 rings (SSSR count). The highest BCUT2D eigenvalue weighted by Crippen LogP contribution is 2.34. The van der Waals surface area contributed by atoms with Gasteiger partial charge in [-0.15, -0.1) is 0 Å². The summed E-state index contributed by atoms with van der Waals surface area (Å²) in [5.41, 5.74) is 2.43. The Hall–Kier alpha value is -3.11. The Morgan fingerprint density at radius 3 is 2.86 bits per heavy atom. The largest absolute Gasteiger partial charge is 0.497 e. The molecule has 1 saturated heterocycles. The third-order valence-electron chi connectivity index (χ3n) is 6.96. The van der Waals surface area contributed by atoms with E-state index in [1.54, 1.807) is 13.3 Å². The smallest absolute Gasteiger partial charge is 0.303 e. The second kappa shape index (κ2) is 12.2. The average Bonchev–Trinajstić information content (AvgIpc) is 2.88. The summed E-state index contributed by atoms with van der Waals surface area (Å²) >= 11 is 6.19. The summed E-state index contributed by atoms with van der Waals surface area (Å²) in [7, 11) is 1.62. The van der Waals surface area contributed by atoms with Crippen LogP contribution < -0.4 is 4.74 Å². The minimum Gasteiger partial charge on any atom is -0.497 e. The molecule has 1 fully saturated rings. The van der Waals surface area contributed by atoms with Crippen molar-refractivity contribution in [2.24, 2.45) is 11.8 Å². The maximum atomic E-state index is 11.6. The van der Waals surface area contributed by atoms with E-state index in [1.807, 2.05) is 48.5 Å². The minimum absolute atomic E-state index is 0.0137. The maximum absolute atomic E-state index is 11.6. The predicted molar refractivity (Wildman–Crippen MR) is 141 cm³/mol. The number of hydrogen-bond donors (Lipinski definition) is 2. The molecule has 3 atom stereocenters. The molecule has 2 aromatic carbocycles. The summed E-state index contributed by atoms with van der Waals surface area (Å²) in [6, 6.07) is 15.0. The number of methoxy groups -OCH3 is 1. The van der Waals surface area contributed by atoms with Gasteiger partial charge >= 0.3 is 5.97 Å². The first kappa shape index (κ1) is 26.0. The van der Waals surface area contributed by atoms with Crippen LogP contribution in [0, 0.1) is 23.7 Å². The van der Waals surface area contributed by atoms with Crippen LogP contribution in [0.5, 0.6) is 5.75 Å². The quantitative estimate of drug-likeness (QED) is 0.410. The third-order valence-corrected chi connectivity index (χ3v) is 7.29. The molecule has 2 N–H and O–H groups in total. The lowest BCUT2D eigenvalue weighted by atomic mass is 9.79. The van der Waals surface area contributed by atoms with E-state index in [-0.39, 0.29) is 18.3 Å². The van der Waals surface area contributed by atoms with Crippen molar-refractivity contribution in [1.82, 2.24) is 9.88 Å². The van der Waals surface area contributed by atoms with Crippen LogP contribution in [0.4, 0.5) is 0 Å². The van der Waals surface area contributed by atoms with Gasteiger partial charge in [-0.3, -0.25) is 14.7 Å². The van der Waals surface area contributed by atoms with Gasteiger partial charge < -0.3 is 14.9 Å². The van der Waals surface area contributed by atoms with E-state index in [9.17, 15) is 15.0 Å². The molecular formula is C29H31ClN2O4. The fourth-order valence-corrected chi connectivity index (χ4v) is 5.22. The summed E-state index contributed by atoms with van der Waals surface area (Å²) in [4.78, 5) is 18.2. The normalized spacial score (nSPS) is 18.9. The van der Waals surface area contributed by atoms with E-state index in [0.29, 0.717) is 24.5 Å². The van der Waals surface area contributed by atoms with Crippen LogP contribution in [-0.2, 0) is 4.79 Å². The van der Waals surface area contributed by atoms with Crippen LogP contribution in [0.25, 0.3) is 10.9 Å². The molecule has 0 bridgehead atoms. The van der Waals surface area contributed by atoms with Gasteiger partial charge in [0.15, 0.2) is 0 Å². The van der Waals surface area contributed by atoms with Crippen LogP contribution in [-0.4, -0.2) is 52.8 Å². The number of aliphatic hydroxyl groups is 1. The van der Waals surface area contributed by atoms with Gasteiger partial charge in [-0.2, -0.15) is 0 Å². The molecule has 0 spiro atoms. The molecule has 0 aliphatic carbocycles. The Morgan fingerprint density at radius 2 is 2.08 bits per heavy atom. The van der Waals surface area contributed by atoms with Gasteiger partial charge in [0.2, 0.25) is 0 Å². The van der Waals surface area contributed by atoms with Gasteiger partial charge in [-0.05, 0) is 79.6 Å². The van der Waals surface area contributed by atoms with E-state index in [4.69, 9.17) is 16.3 Å². The summed E-state index contributed by atoms with van der Waals surface area (Å²) < 4.78 is 5.35. The number of piperidine rings is 1. The van der Waals surface area contributed by atoms with Crippen molar-refractivity contribution in [2.45, 2.75) is 31.8 Å². The zero-order valence-corrected chi connectivity index (χ0v) is 21.1. The number of hydrogen-bond acceptors (Lipinski definition) is 5. The number of aliphatic carboxylic acids is 1. The van der Waals surface area contributed by atoms with E-state index < -0.39 is 12.1 Å². The highest BCUT2D eigenvalue weighted by Gasteiger charge is 2.31. The molecule has 2 heterocycles. The molecule has 1 unspecified atom stereocenters. The van der Waals surface area contributed by atoms with Gasteiger partial charge in [-0.25, -0.2) is 0 Å². The first-order valence-electron chi connectivity index (χ1n) is 12.2. The van der Waals surface area contributed by atoms with E-state index >= 15 is 0 Å². The van der Waals surface area contributed by atoms with E-state index in [1.165, 1.54) is 0 Å². The van der Waals surface area contributed by atoms with Crippen molar-refractivity contribution in [1.29, 1.82) is 0 Å². The number of nitrogens with zero attached hydrogens (tertiary/aromatic N) is 2. The zero-order valence-electron chi connectivity index (χ0n) is 20.4. The third kappa shape index (κ3) is 6.55. The number of carbonyl (C=O) groups is 1. The maximum Gasteiger partial charge on any atom is 0.303 e. The van der Waals surface area contributed by atoms with Crippen molar-refractivity contribution in [3.05, 3.63) is 70.9 Å². The van der Waals surface area contributed by atoms with Crippen LogP contribution in [0.15, 0.2) is 54.7 Å². The SMILES string of the molecule is COc1ccc2nccc(C(O)CC[C@@H]3CCN(CC#Cc4ccccc4Cl)C[C@@H]3CC(=O)O)c2c1. The Morgan fingerprint density at radius 1 is 1.25 bits per heavy atom. The van der Waals surface area contributed by atoms with E-state index in [2.05, 4.69) is 21.7 Å². The van der Waals surface area contributed by atoms with Crippen molar-refractivity contribution in [3.63, 3.8) is 0 Å². The lowest BCUT2D eigenvalue weighted by Crippen LogP contribution is -2.41. The monoisotopic (exact) mass is 506 g/mol. The van der Waals surface area contributed by atoms with Gasteiger partial charge in [-0.1, -0.05) is 35.6 Å². The van der Waals surface area contributed by atoms with Crippen molar-refractivity contribution in [3.8, 4) is 17.6 Å². The standard InChI is InChI=1S/C29H31ClN2O4/c1-36-23-9-10-27-25(18-23)24(12-14-31-27)28(33)11-8-20-13-16-32(19-22(20)17-29(34)35)15-4-6-21-5-2-3-7-26(21)30/h2-3,5,7,9-10,12,14,18,20,22,28,33H,8,11,13,15-17,19H2,1H3,(H,34,35)/t20-,22+,28?/m1/s1. The molecule has 1 aliphatic heterocycles. The van der Waals surface area contributed by atoms with Crippen molar-refractivity contribution >= 4 is 28.5 Å². The highest BCUT2D eigenvalue weighted by molar-refractivity contribution is 6.31. The molecule has 1 aliphatic rings. The van der Waals surface area contributed by atoms with Crippen molar-refractivity contribution in [2.75, 3.05) is 26.7 Å². The average molecular weight is 507 g/mol. The van der Waals surface area contributed by atoms with Gasteiger partial charge in [0.1, 0.15) is 5.75 Å². The summed E-state index contributed by atoms with van der Waals surface area (Å²) in [5.74, 6) is 6.48. The number of aromatic nitrogens is 1. The zero-order chi connectivity index (χ0) is 25.5. The number of carboxylic acid groups (broad SMARTS) is 1. The lowest BCUT2D eigenvalue weighted by molar-refractivity contribution is -0.139. The molecule has 36 heavy (non-hydrogen) atoms. The number of rotatable bonds is 8. The van der Waals surface area contributed by atoms with Crippen LogP contribution in [0.2, 0.25) is 5.02 Å². The minimum atomic E-state index is -0.790. The van der Waals surface area contributed by atoms with Crippen LogP contribution >= 0.6 is 11.6 Å². The second-order valence-electron chi connectivity index (χ2n) is 9.30. The number of benzene rings is 2. The Kier molecular flexibility index (Phi) is 8.82. The highest BCUT2D eigenvalue weighted by atomic mass is 35.5. The fraction of sp³-hybridized carbons (Fsp3) is 0.379. The Labute approximate surface area is 216 Å². The van der Waals surface area contributed by atoms with Crippen molar-refractivity contribution < 1.29 is 19.7 Å². The molecule has 6 nitrogen and oxygen atoms in total. The number of ether oxygens (including phenoxy) is 1. The number of likely N-dealkylation sites (tertiary alicyclic amines) is 1. The van der Waals surface area contributed by atoms with Crippen LogP contribution in [0.3, 0.4) is 0 Å². The van der Waals surface area contributed by atoms with Gasteiger partial charge in [0, 0.05) is 30.1 Å². The molecule has 0 radical (unpaired) electrons. The first-order chi connectivity index (χ1) is 17.4. The van der Waals surface area contributed by atoms with Gasteiger partial charge in [0.25, 0.3) is 0 Å². The molecule has 188 valence electrons. The fourth-order valence-electron chi connectivity index (χ4n) is 5.04.